The first-order valence-corrected chi connectivity index (χ1v) is 7.29. The molecule has 6 nitrogen and oxygen atoms in total. The molecule has 0 aromatic carbocycles. The first kappa shape index (κ1) is 16.2. The smallest absolute Gasteiger partial charge is 0.153 e. The molecule has 102 valence electrons. The van der Waals surface area contributed by atoms with E-state index in [-0.39, 0.29) is 22.8 Å². The molecule has 0 bridgehead atoms. The lowest BCUT2D eigenvalue weighted by Crippen LogP contribution is -2.36. The summed E-state index contributed by atoms with van der Waals surface area (Å²) in [7, 11) is -1.19. The molecule has 0 aliphatic heterocycles. The fourth-order valence-corrected chi connectivity index (χ4v) is 2.31. The van der Waals surface area contributed by atoms with Crippen molar-refractivity contribution in [2.75, 3.05) is 25.9 Å². The molecule has 0 aliphatic carbocycles. The lowest BCUT2D eigenvalue weighted by atomic mass is 10.1. The van der Waals surface area contributed by atoms with E-state index in [0.717, 1.165) is 0 Å². The highest BCUT2D eigenvalue weighted by molar-refractivity contribution is 7.92. The van der Waals surface area contributed by atoms with Crippen molar-refractivity contribution in [2.45, 2.75) is 26.0 Å². The number of nitrogens with zero attached hydrogens (tertiary/aromatic N) is 2. The zero-order chi connectivity index (χ0) is 13.6. The van der Waals surface area contributed by atoms with Crippen molar-refractivity contribution in [1.82, 2.24) is 4.90 Å². The average Bonchev–Trinajstić information content (AvgIpc) is 2.25. The summed E-state index contributed by atoms with van der Waals surface area (Å²) in [5.74, 6) is 0.180. The normalized spacial score (nSPS) is 15.5. The third kappa shape index (κ3) is 5.88. The summed E-state index contributed by atoms with van der Waals surface area (Å²) in [5, 5.41) is 11.1. The maximum absolute atomic E-state index is 11.6. The molecule has 1 atom stereocenters. The Labute approximate surface area is 103 Å². The fraction of sp³-hybridized carbons (Fsp3) is 0.900. The third-order valence-electron chi connectivity index (χ3n) is 2.68. The van der Waals surface area contributed by atoms with Crippen LogP contribution in [0.15, 0.2) is 5.16 Å². The van der Waals surface area contributed by atoms with Crippen LogP contribution in [0.25, 0.3) is 0 Å². The number of amidine groups is 1. The second-order valence-electron chi connectivity index (χ2n) is 4.60. The lowest BCUT2D eigenvalue weighted by molar-refractivity contribution is 0.301. The molecule has 0 radical (unpaired) electrons. The van der Waals surface area contributed by atoms with E-state index in [4.69, 9.17) is 10.9 Å². The van der Waals surface area contributed by atoms with E-state index in [0.29, 0.717) is 13.1 Å². The van der Waals surface area contributed by atoms with Gasteiger partial charge in [-0.1, -0.05) is 12.1 Å². The highest BCUT2D eigenvalue weighted by Crippen LogP contribution is 2.03. The van der Waals surface area contributed by atoms with Crippen LogP contribution in [0, 0.1) is 5.92 Å². The van der Waals surface area contributed by atoms with E-state index in [2.05, 4.69) is 5.16 Å². The predicted octanol–water partition coefficient (Wildman–Crippen LogP) is 0.124. The van der Waals surface area contributed by atoms with E-state index in [1.165, 1.54) is 0 Å². The first-order chi connectivity index (χ1) is 7.70. The van der Waals surface area contributed by atoms with Crippen molar-refractivity contribution in [3.05, 3.63) is 0 Å². The third-order valence-corrected chi connectivity index (χ3v) is 4.87. The van der Waals surface area contributed by atoms with Crippen molar-refractivity contribution >= 4 is 15.7 Å². The molecule has 7 heteroatoms. The summed E-state index contributed by atoms with van der Waals surface area (Å²) in [5.41, 5.74) is 5.45. The number of oxime groups is 1. The standard InChI is InChI=1S/C10H23N3O3S/c1-8(2)17(15,16)6-5-13(4)7-9(3)10(11)12-14/h8-9,14H,5-7H2,1-4H3,(H2,11,12). The van der Waals surface area contributed by atoms with Gasteiger partial charge in [0.05, 0.1) is 11.0 Å². The highest BCUT2D eigenvalue weighted by Gasteiger charge is 2.18. The second kappa shape index (κ2) is 6.80. The molecular formula is C10H23N3O3S. The van der Waals surface area contributed by atoms with Crippen LogP contribution in [0.2, 0.25) is 0 Å². The van der Waals surface area contributed by atoms with Gasteiger partial charge in [-0.2, -0.15) is 0 Å². The Bertz CT molecular complexity index is 352. The van der Waals surface area contributed by atoms with Gasteiger partial charge in [0.25, 0.3) is 0 Å². The number of hydrogen-bond acceptors (Lipinski definition) is 5. The van der Waals surface area contributed by atoms with Crippen molar-refractivity contribution < 1.29 is 13.6 Å². The molecule has 0 spiro atoms. The summed E-state index contributed by atoms with van der Waals surface area (Å²) in [4.78, 5) is 1.86. The minimum Gasteiger partial charge on any atom is -0.409 e. The van der Waals surface area contributed by atoms with E-state index < -0.39 is 9.84 Å². The predicted molar refractivity (Wildman–Crippen MR) is 69.0 cm³/mol. The molecule has 0 aromatic heterocycles. The van der Waals surface area contributed by atoms with Crippen LogP contribution < -0.4 is 5.73 Å². The summed E-state index contributed by atoms with van der Waals surface area (Å²) >= 11 is 0. The SMILES string of the molecule is CC(CN(C)CCS(=O)(=O)C(C)C)C(N)=NO. The number of sulfone groups is 1. The molecule has 0 saturated carbocycles. The van der Waals surface area contributed by atoms with Gasteiger partial charge in [-0.05, 0) is 20.9 Å². The molecule has 0 amide bonds. The van der Waals surface area contributed by atoms with Gasteiger partial charge in [0.15, 0.2) is 9.84 Å². The van der Waals surface area contributed by atoms with Crippen LogP contribution in [-0.2, 0) is 9.84 Å². The molecule has 3 N–H and O–H groups in total. The van der Waals surface area contributed by atoms with Crippen LogP contribution in [0.1, 0.15) is 20.8 Å². The molecule has 0 rings (SSSR count). The zero-order valence-electron chi connectivity index (χ0n) is 10.9. The second-order valence-corrected chi connectivity index (χ2v) is 7.28. The Morgan fingerprint density at radius 2 is 1.94 bits per heavy atom. The molecule has 0 saturated heterocycles. The first-order valence-electron chi connectivity index (χ1n) is 5.58. The van der Waals surface area contributed by atoms with Gasteiger partial charge in [-0.15, -0.1) is 0 Å². The molecule has 0 aromatic rings. The van der Waals surface area contributed by atoms with Gasteiger partial charge in [-0.25, -0.2) is 8.42 Å². The zero-order valence-corrected chi connectivity index (χ0v) is 11.7. The van der Waals surface area contributed by atoms with Crippen LogP contribution in [0.3, 0.4) is 0 Å². The van der Waals surface area contributed by atoms with Crippen LogP contribution in [0.4, 0.5) is 0 Å². The molecule has 0 heterocycles. The molecule has 17 heavy (non-hydrogen) atoms. The van der Waals surface area contributed by atoms with Gasteiger partial charge in [-0.3, -0.25) is 0 Å². The maximum atomic E-state index is 11.6. The molecule has 1 unspecified atom stereocenters. The summed E-state index contributed by atoms with van der Waals surface area (Å²) in [6.07, 6.45) is 0. The topological polar surface area (TPSA) is 96.0 Å². The summed E-state index contributed by atoms with van der Waals surface area (Å²) in [6, 6.07) is 0. The number of nitrogens with two attached hydrogens (primary N) is 1. The van der Waals surface area contributed by atoms with Gasteiger partial charge in [0.1, 0.15) is 5.84 Å². The monoisotopic (exact) mass is 265 g/mol. The number of rotatable bonds is 7. The molecule has 0 aliphatic rings. The minimum absolute atomic E-state index is 0.105. The van der Waals surface area contributed by atoms with Crippen molar-refractivity contribution in [3.8, 4) is 0 Å². The van der Waals surface area contributed by atoms with E-state index in [1.807, 2.05) is 18.9 Å². The Morgan fingerprint density at radius 3 is 2.35 bits per heavy atom. The Kier molecular flexibility index (Phi) is 6.48. The quantitative estimate of drug-likeness (QED) is 0.295. The maximum Gasteiger partial charge on any atom is 0.153 e. The largest absolute Gasteiger partial charge is 0.409 e. The van der Waals surface area contributed by atoms with Crippen LogP contribution in [-0.4, -0.2) is 55.5 Å². The Balaban J connectivity index is 4.17. The molecular weight excluding hydrogens is 242 g/mol. The average molecular weight is 265 g/mol. The minimum atomic E-state index is -3.01. The summed E-state index contributed by atoms with van der Waals surface area (Å²) < 4.78 is 23.2. The van der Waals surface area contributed by atoms with Crippen molar-refractivity contribution in [3.63, 3.8) is 0 Å². The Morgan fingerprint density at radius 1 is 1.41 bits per heavy atom. The van der Waals surface area contributed by atoms with Gasteiger partial charge in [0.2, 0.25) is 0 Å². The van der Waals surface area contributed by atoms with E-state index in [1.54, 1.807) is 13.8 Å². The van der Waals surface area contributed by atoms with Gasteiger partial charge >= 0.3 is 0 Å². The van der Waals surface area contributed by atoms with Crippen molar-refractivity contribution in [2.24, 2.45) is 16.8 Å². The number of hydrogen-bond donors (Lipinski definition) is 2. The van der Waals surface area contributed by atoms with Crippen molar-refractivity contribution in [1.29, 1.82) is 0 Å². The van der Waals surface area contributed by atoms with E-state index in [9.17, 15) is 8.42 Å². The van der Waals surface area contributed by atoms with Gasteiger partial charge in [0, 0.05) is 19.0 Å². The highest BCUT2D eigenvalue weighted by atomic mass is 32.2. The van der Waals surface area contributed by atoms with E-state index >= 15 is 0 Å². The summed E-state index contributed by atoms with van der Waals surface area (Å²) in [6.45, 7) is 6.18. The Hall–Kier alpha value is -0.820. The van der Waals surface area contributed by atoms with Crippen LogP contribution in [0.5, 0.6) is 0 Å². The molecule has 0 fully saturated rings. The van der Waals surface area contributed by atoms with Crippen LogP contribution >= 0.6 is 0 Å². The van der Waals surface area contributed by atoms with Gasteiger partial charge < -0.3 is 15.8 Å². The fourth-order valence-electron chi connectivity index (χ4n) is 1.27. The lowest BCUT2D eigenvalue weighted by Gasteiger charge is -2.20.